The van der Waals surface area contributed by atoms with E-state index in [2.05, 4.69) is 38.7 Å². The van der Waals surface area contributed by atoms with E-state index in [9.17, 15) is 0 Å². The molecule has 0 radical (unpaired) electrons. The van der Waals surface area contributed by atoms with Crippen molar-refractivity contribution < 1.29 is 0 Å². The maximum absolute atomic E-state index is 2.36. The Labute approximate surface area is 64.7 Å². The number of nitrogens with zero attached hydrogens (tertiary/aromatic N) is 1. The largest absolute Gasteiger partial charge is 0.376 e. The third-order valence-corrected chi connectivity index (χ3v) is 1.76. The Morgan fingerprint density at radius 2 is 1.70 bits per heavy atom. The Balaban J connectivity index is 3.87. The van der Waals surface area contributed by atoms with Crippen LogP contribution in [0.1, 0.15) is 34.1 Å². The van der Waals surface area contributed by atoms with E-state index >= 15 is 0 Å². The van der Waals surface area contributed by atoms with Gasteiger partial charge in [0.1, 0.15) is 0 Å². The highest BCUT2D eigenvalue weighted by Crippen LogP contribution is 2.02. The van der Waals surface area contributed by atoms with Gasteiger partial charge >= 0.3 is 0 Å². The van der Waals surface area contributed by atoms with Crippen molar-refractivity contribution >= 4 is 0 Å². The quantitative estimate of drug-likeness (QED) is 0.581. The molecule has 0 unspecified atom stereocenters. The molecule has 0 saturated carbocycles. The molecule has 0 aromatic carbocycles. The van der Waals surface area contributed by atoms with E-state index in [1.54, 1.807) is 0 Å². The van der Waals surface area contributed by atoms with Crippen molar-refractivity contribution in [1.29, 1.82) is 0 Å². The molecule has 0 aliphatic rings. The lowest BCUT2D eigenvalue weighted by atomic mass is 10.3. The van der Waals surface area contributed by atoms with Crippen LogP contribution < -0.4 is 0 Å². The molecule has 0 rings (SSSR count). The van der Waals surface area contributed by atoms with Crippen molar-refractivity contribution in [1.82, 2.24) is 4.90 Å². The average molecular weight is 141 g/mol. The molecule has 0 aliphatic carbocycles. The molecule has 0 bridgehead atoms. The topological polar surface area (TPSA) is 3.24 Å². The van der Waals surface area contributed by atoms with Crippen molar-refractivity contribution in [3.05, 3.63) is 11.8 Å². The van der Waals surface area contributed by atoms with Crippen LogP contribution in [0.2, 0.25) is 0 Å². The van der Waals surface area contributed by atoms with E-state index < -0.39 is 0 Å². The van der Waals surface area contributed by atoms with Gasteiger partial charge in [-0.3, -0.25) is 0 Å². The lowest BCUT2D eigenvalue weighted by Gasteiger charge is -2.21. The molecule has 10 heavy (non-hydrogen) atoms. The van der Waals surface area contributed by atoms with Gasteiger partial charge in [-0.1, -0.05) is 13.0 Å². The molecule has 0 fully saturated rings. The third-order valence-electron chi connectivity index (χ3n) is 1.76. The molecule has 0 aromatic heterocycles. The van der Waals surface area contributed by atoms with Gasteiger partial charge in [-0.2, -0.15) is 0 Å². The first-order valence-electron chi connectivity index (χ1n) is 4.17. The van der Waals surface area contributed by atoms with Gasteiger partial charge in [0.25, 0.3) is 0 Å². The molecular formula is C9H19N. The summed E-state index contributed by atoms with van der Waals surface area (Å²) in [4.78, 5) is 2.36. The predicted octanol–water partition coefficient (Wildman–Crippen LogP) is 2.64. The lowest BCUT2D eigenvalue weighted by Crippen LogP contribution is -2.20. The summed E-state index contributed by atoms with van der Waals surface area (Å²) < 4.78 is 0. The van der Waals surface area contributed by atoms with E-state index in [0.29, 0.717) is 0 Å². The second-order valence-electron chi connectivity index (χ2n) is 2.43. The normalized spacial score (nSPS) is 11.8. The minimum atomic E-state index is 1.12. The van der Waals surface area contributed by atoms with Gasteiger partial charge in [-0.15, -0.1) is 0 Å². The van der Waals surface area contributed by atoms with E-state index in [-0.39, 0.29) is 0 Å². The van der Waals surface area contributed by atoms with Crippen molar-refractivity contribution in [2.45, 2.75) is 34.1 Å². The highest BCUT2D eigenvalue weighted by Gasteiger charge is 1.96. The van der Waals surface area contributed by atoms with Crippen LogP contribution in [0.3, 0.4) is 0 Å². The number of rotatable bonds is 4. The monoisotopic (exact) mass is 141 g/mol. The van der Waals surface area contributed by atoms with E-state index in [0.717, 1.165) is 19.5 Å². The Morgan fingerprint density at radius 1 is 1.20 bits per heavy atom. The molecule has 0 heterocycles. The van der Waals surface area contributed by atoms with Gasteiger partial charge in [0.2, 0.25) is 0 Å². The Morgan fingerprint density at radius 3 is 2.00 bits per heavy atom. The standard InChI is InChI=1S/C9H19N/c1-5-8-9(4)10(6-2)7-3/h8H,5-7H2,1-4H3. The molecule has 0 N–H and O–H groups in total. The SMILES string of the molecule is CCC=C(C)N(CC)CC. The average Bonchev–Trinajstić information content (AvgIpc) is 1.91. The number of hydrogen-bond donors (Lipinski definition) is 0. The Bertz CT molecular complexity index is 101. The summed E-state index contributed by atoms with van der Waals surface area (Å²) in [6, 6.07) is 0. The zero-order valence-corrected chi connectivity index (χ0v) is 7.65. The summed E-state index contributed by atoms with van der Waals surface area (Å²) in [5, 5.41) is 0. The summed E-state index contributed by atoms with van der Waals surface area (Å²) in [6.07, 6.45) is 3.41. The van der Waals surface area contributed by atoms with E-state index in [1.165, 1.54) is 5.70 Å². The van der Waals surface area contributed by atoms with Crippen LogP contribution in [0.5, 0.6) is 0 Å². The third kappa shape index (κ3) is 2.90. The lowest BCUT2D eigenvalue weighted by molar-refractivity contribution is 0.382. The molecule has 0 amide bonds. The molecular weight excluding hydrogens is 122 g/mol. The minimum Gasteiger partial charge on any atom is -0.376 e. The Kier molecular flexibility index (Phi) is 5.09. The maximum Gasteiger partial charge on any atom is 0.0146 e. The molecule has 60 valence electrons. The van der Waals surface area contributed by atoms with Crippen LogP contribution in [0, 0.1) is 0 Å². The zero-order chi connectivity index (χ0) is 7.98. The highest BCUT2D eigenvalue weighted by atomic mass is 15.1. The summed E-state index contributed by atoms with van der Waals surface area (Å²) in [7, 11) is 0. The highest BCUT2D eigenvalue weighted by molar-refractivity contribution is 4.95. The zero-order valence-electron chi connectivity index (χ0n) is 7.65. The summed E-state index contributed by atoms with van der Waals surface area (Å²) in [5.41, 5.74) is 1.41. The van der Waals surface area contributed by atoms with Crippen molar-refractivity contribution in [3.8, 4) is 0 Å². The smallest absolute Gasteiger partial charge is 0.0146 e. The van der Waals surface area contributed by atoms with Gasteiger partial charge in [0.05, 0.1) is 0 Å². The van der Waals surface area contributed by atoms with Crippen LogP contribution in [0.15, 0.2) is 11.8 Å². The van der Waals surface area contributed by atoms with Gasteiger partial charge in [0.15, 0.2) is 0 Å². The molecule has 1 heteroatoms. The first-order valence-corrected chi connectivity index (χ1v) is 4.17. The predicted molar refractivity (Wildman–Crippen MR) is 47.0 cm³/mol. The van der Waals surface area contributed by atoms with Gasteiger partial charge in [-0.05, 0) is 27.2 Å². The molecule has 0 spiro atoms. The van der Waals surface area contributed by atoms with E-state index in [4.69, 9.17) is 0 Å². The fourth-order valence-corrected chi connectivity index (χ4v) is 1.15. The molecule has 0 aliphatic heterocycles. The van der Waals surface area contributed by atoms with Crippen molar-refractivity contribution in [3.63, 3.8) is 0 Å². The minimum absolute atomic E-state index is 1.12. The first-order chi connectivity index (χ1) is 4.76. The first kappa shape index (κ1) is 9.54. The van der Waals surface area contributed by atoms with Crippen LogP contribution in [-0.2, 0) is 0 Å². The summed E-state index contributed by atoms with van der Waals surface area (Å²) in [6.45, 7) is 11.0. The van der Waals surface area contributed by atoms with E-state index in [1.807, 2.05) is 0 Å². The van der Waals surface area contributed by atoms with Gasteiger partial charge in [0, 0.05) is 18.8 Å². The summed E-state index contributed by atoms with van der Waals surface area (Å²) >= 11 is 0. The van der Waals surface area contributed by atoms with Crippen LogP contribution >= 0.6 is 0 Å². The summed E-state index contributed by atoms with van der Waals surface area (Å²) in [5.74, 6) is 0. The maximum atomic E-state index is 2.36. The van der Waals surface area contributed by atoms with Gasteiger partial charge < -0.3 is 4.90 Å². The van der Waals surface area contributed by atoms with Crippen LogP contribution in [0.25, 0.3) is 0 Å². The number of allylic oxidation sites excluding steroid dienone is 2. The molecule has 0 saturated heterocycles. The van der Waals surface area contributed by atoms with Crippen molar-refractivity contribution in [2.24, 2.45) is 0 Å². The Hall–Kier alpha value is -0.460. The molecule has 0 aromatic rings. The second-order valence-corrected chi connectivity index (χ2v) is 2.43. The fraction of sp³-hybridized carbons (Fsp3) is 0.778. The molecule has 1 nitrogen and oxygen atoms in total. The van der Waals surface area contributed by atoms with Crippen LogP contribution in [0.4, 0.5) is 0 Å². The second kappa shape index (κ2) is 5.33. The molecule has 0 atom stereocenters. The van der Waals surface area contributed by atoms with Gasteiger partial charge in [-0.25, -0.2) is 0 Å². The van der Waals surface area contributed by atoms with Crippen LogP contribution in [-0.4, -0.2) is 18.0 Å². The van der Waals surface area contributed by atoms with Crippen molar-refractivity contribution in [2.75, 3.05) is 13.1 Å². The number of hydrogen-bond acceptors (Lipinski definition) is 1. The fourth-order valence-electron chi connectivity index (χ4n) is 1.15.